The molecule has 3 aromatic rings. The van der Waals surface area contributed by atoms with E-state index in [1.54, 1.807) is 42.5 Å². The second kappa shape index (κ2) is 10.8. The van der Waals surface area contributed by atoms with Crippen molar-refractivity contribution >= 4 is 44.8 Å². The summed E-state index contributed by atoms with van der Waals surface area (Å²) in [6, 6.07) is 21.1. The molecule has 0 heterocycles. The van der Waals surface area contributed by atoms with Crippen LogP contribution in [0.25, 0.3) is 0 Å². The van der Waals surface area contributed by atoms with Crippen LogP contribution in [0.15, 0.2) is 77.7 Å². The molecule has 0 aliphatic heterocycles. The van der Waals surface area contributed by atoms with Gasteiger partial charge in [-0.1, -0.05) is 65.7 Å². The topological polar surface area (TPSA) is 75.3 Å². The lowest BCUT2D eigenvalue weighted by Gasteiger charge is -2.09. The molecule has 8 heteroatoms. The molecule has 0 saturated carbocycles. The molecule has 5 nitrogen and oxygen atoms in total. The zero-order valence-corrected chi connectivity index (χ0v) is 19.0. The highest BCUT2D eigenvalue weighted by atomic mass is 35.5. The van der Waals surface area contributed by atoms with Gasteiger partial charge in [0.25, 0.3) is 0 Å². The summed E-state index contributed by atoms with van der Waals surface area (Å²) < 4.78 is 27.5. The predicted octanol–water partition coefficient (Wildman–Crippen LogP) is 5.09. The number of aryl methyl sites for hydroxylation is 1. The normalized spacial score (nSPS) is 11.3. The number of benzene rings is 3. The van der Waals surface area contributed by atoms with Gasteiger partial charge >= 0.3 is 0 Å². The summed E-state index contributed by atoms with van der Waals surface area (Å²) in [6.07, 6.45) is 1.33. The number of amides is 1. The van der Waals surface area contributed by atoms with Gasteiger partial charge in [0.15, 0.2) is 0 Å². The van der Waals surface area contributed by atoms with Crippen molar-refractivity contribution in [3.63, 3.8) is 0 Å². The monoisotopic (exact) mass is 476 g/mol. The van der Waals surface area contributed by atoms with Crippen molar-refractivity contribution in [1.82, 2.24) is 4.72 Å². The number of hydrogen-bond acceptors (Lipinski definition) is 3. The van der Waals surface area contributed by atoms with Crippen LogP contribution in [0.1, 0.15) is 17.5 Å². The van der Waals surface area contributed by atoms with Gasteiger partial charge in [-0.3, -0.25) is 4.79 Å². The number of hydrogen-bond donors (Lipinski definition) is 2. The standard InChI is InChI=1S/C23H22Cl2N2O3S/c24-19-14-20(25)16-21(15-19)27-23(28)11-8-18-6-9-22(10-7-18)31(29,30)26-13-12-17-4-2-1-3-5-17/h1-7,9-10,14-16,26H,8,11-13H2,(H,27,28). The Morgan fingerprint density at radius 2 is 1.42 bits per heavy atom. The number of anilines is 1. The van der Waals surface area contributed by atoms with E-state index in [4.69, 9.17) is 23.2 Å². The van der Waals surface area contributed by atoms with Crippen molar-refractivity contribution in [1.29, 1.82) is 0 Å². The third kappa shape index (κ3) is 7.36. The van der Waals surface area contributed by atoms with Gasteiger partial charge < -0.3 is 5.32 Å². The Balaban J connectivity index is 1.50. The Bertz CT molecular complexity index is 1110. The Morgan fingerprint density at radius 3 is 2.06 bits per heavy atom. The lowest BCUT2D eigenvalue weighted by Crippen LogP contribution is -2.26. The van der Waals surface area contributed by atoms with E-state index in [-0.39, 0.29) is 17.2 Å². The van der Waals surface area contributed by atoms with Crippen LogP contribution in [0.2, 0.25) is 10.0 Å². The molecule has 3 aromatic carbocycles. The Hall–Kier alpha value is -2.38. The molecule has 0 unspecified atom stereocenters. The van der Waals surface area contributed by atoms with E-state index in [9.17, 15) is 13.2 Å². The number of nitrogens with one attached hydrogen (secondary N) is 2. The average Bonchev–Trinajstić information content (AvgIpc) is 2.72. The molecule has 1 amide bonds. The molecular formula is C23H22Cl2N2O3S. The van der Waals surface area contributed by atoms with Crippen molar-refractivity contribution in [2.24, 2.45) is 0 Å². The maximum atomic E-state index is 12.5. The summed E-state index contributed by atoms with van der Waals surface area (Å²) in [7, 11) is -3.58. The van der Waals surface area contributed by atoms with Gasteiger partial charge in [0.2, 0.25) is 15.9 Å². The molecule has 0 aliphatic rings. The molecule has 0 saturated heterocycles. The summed E-state index contributed by atoms with van der Waals surface area (Å²) in [5.74, 6) is -0.183. The fourth-order valence-electron chi connectivity index (χ4n) is 3.00. The molecule has 0 aliphatic carbocycles. The largest absolute Gasteiger partial charge is 0.326 e. The van der Waals surface area contributed by atoms with Gasteiger partial charge in [0, 0.05) is 28.7 Å². The first-order valence-corrected chi connectivity index (χ1v) is 11.9. The molecule has 0 atom stereocenters. The van der Waals surface area contributed by atoms with Gasteiger partial charge in [-0.2, -0.15) is 0 Å². The average molecular weight is 477 g/mol. The van der Waals surface area contributed by atoms with Crippen molar-refractivity contribution in [3.05, 3.63) is 94.0 Å². The summed E-state index contributed by atoms with van der Waals surface area (Å²) in [6.45, 7) is 0.321. The van der Waals surface area contributed by atoms with E-state index in [0.717, 1.165) is 11.1 Å². The van der Waals surface area contributed by atoms with Crippen molar-refractivity contribution in [2.75, 3.05) is 11.9 Å². The number of sulfonamides is 1. The highest BCUT2D eigenvalue weighted by Gasteiger charge is 2.13. The summed E-state index contributed by atoms with van der Waals surface area (Å²) in [5.41, 5.74) is 2.46. The summed E-state index contributed by atoms with van der Waals surface area (Å²) in [4.78, 5) is 12.4. The first-order chi connectivity index (χ1) is 14.8. The highest BCUT2D eigenvalue weighted by molar-refractivity contribution is 7.89. The first-order valence-electron chi connectivity index (χ1n) is 9.70. The van der Waals surface area contributed by atoms with E-state index in [0.29, 0.717) is 35.1 Å². The van der Waals surface area contributed by atoms with E-state index in [1.807, 2.05) is 30.3 Å². The van der Waals surface area contributed by atoms with Crippen LogP contribution in [0.3, 0.4) is 0 Å². The van der Waals surface area contributed by atoms with Gasteiger partial charge in [0.05, 0.1) is 4.90 Å². The minimum atomic E-state index is -3.58. The molecule has 0 aromatic heterocycles. The van der Waals surface area contributed by atoms with Crippen molar-refractivity contribution in [3.8, 4) is 0 Å². The van der Waals surface area contributed by atoms with Crippen LogP contribution in [0, 0.1) is 0 Å². The van der Waals surface area contributed by atoms with Crippen LogP contribution in [0.5, 0.6) is 0 Å². The van der Waals surface area contributed by atoms with Gasteiger partial charge in [-0.15, -0.1) is 0 Å². The number of carbonyl (C=O) groups excluding carboxylic acids is 1. The van der Waals surface area contributed by atoms with Gasteiger partial charge in [0.1, 0.15) is 0 Å². The Kier molecular flexibility index (Phi) is 8.09. The fraction of sp³-hybridized carbons (Fsp3) is 0.174. The van der Waals surface area contributed by atoms with Crippen LogP contribution >= 0.6 is 23.2 Å². The molecule has 31 heavy (non-hydrogen) atoms. The van der Waals surface area contributed by atoms with E-state index >= 15 is 0 Å². The molecule has 0 fully saturated rings. The molecular weight excluding hydrogens is 455 g/mol. The molecule has 3 rings (SSSR count). The molecule has 2 N–H and O–H groups in total. The van der Waals surface area contributed by atoms with Crippen molar-refractivity contribution < 1.29 is 13.2 Å². The zero-order chi connectivity index (χ0) is 22.3. The molecule has 162 valence electrons. The summed E-state index contributed by atoms with van der Waals surface area (Å²) >= 11 is 11.9. The number of carbonyl (C=O) groups is 1. The smallest absolute Gasteiger partial charge is 0.240 e. The minimum Gasteiger partial charge on any atom is -0.326 e. The van der Waals surface area contributed by atoms with Gasteiger partial charge in [-0.25, -0.2) is 13.1 Å². The van der Waals surface area contributed by atoms with Crippen LogP contribution in [-0.4, -0.2) is 20.9 Å². The highest BCUT2D eigenvalue weighted by Crippen LogP contribution is 2.22. The molecule has 0 spiro atoms. The predicted molar refractivity (Wildman–Crippen MR) is 125 cm³/mol. The van der Waals surface area contributed by atoms with Crippen LogP contribution in [-0.2, 0) is 27.7 Å². The zero-order valence-electron chi connectivity index (χ0n) is 16.6. The third-order valence-electron chi connectivity index (χ3n) is 4.57. The SMILES string of the molecule is O=C(CCc1ccc(S(=O)(=O)NCCc2ccccc2)cc1)Nc1cc(Cl)cc(Cl)c1. The van der Waals surface area contributed by atoms with Crippen LogP contribution < -0.4 is 10.0 Å². The van der Waals surface area contributed by atoms with E-state index in [1.165, 1.54) is 0 Å². The maximum absolute atomic E-state index is 12.5. The third-order valence-corrected chi connectivity index (χ3v) is 6.48. The number of halogens is 2. The quantitative estimate of drug-likeness (QED) is 0.451. The second-order valence-corrected chi connectivity index (χ2v) is 9.62. The van der Waals surface area contributed by atoms with Crippen LogP contribution in [0.4, 0.5) is 5.69 Å². The molecule has 0 bridgehead atoms. The molecule has 0 radical (unpaired) electrons. The second-order valence-electron chi connectivity index (χ2n) is 6.98. The van der Waals surface area contributed by atoms with Gasteiger partial charge in [-0.05, 0) is 54.3 Å². The van der Waals surface area contributed by atoms with E-state index < -0.39 is 10.0 Å². The lowest BCUT2D eigenvalue weighted by atomic mass is 10.1. The Morgan fingerprint density at radius 1 is 0.806 bits per heavy atom. The summed E-state index contributed by atoms with van der Waals surface area (Å²) in [5, 5.41) is 3.64. The minimum absolute atomic E-state index is 0.183. The number of rotatable bonds is 9. The van der Waals surface area contributed by atoms with Crippen molar-refractivity contribution in [2.45, 2.75) is 24.2 Å². The fourth-order valence-corrected chi connectivity index (χ4v) is 4.56. The first kappa shape index (κ1) is 23.3. The lowest BCUT2D eigenvalue weighted by molar-refractivity contribution is -0.116. The van der Waals surface area contributed by atoms with E-state index in [2.05, 4.69) is 10.0 Å². The Labute approximate surface area is 192 Å². The maximum Gasteiger partial charge on any atom is 0.240 e.